The number of nitrogens with zero attached hydrogens (tertiary/aromatic N) is 1. The highest BCUT2D eigenvalue weighted by Gasteiger charge is 2.52. The van der Waals surface area contributed by atoms with Crippen LogP contribution in [0.25, 0.3) is 0 Å². The van der Waals surface area contributed by atoms with E-state index in [1.54, 1.807) is 10.9 Å². The van der Waals surface area contributed by atoms with E-state index in [9.17, 15) is 9.59 Å². The van der Waals surface area contributed by atoms with Crippen molar-refractivity contribution in [2.24, 2.45) is 17.8 Å². The van der Waals surface area contributed by atoms with Crippen LogP contribution in [-0.2, 0) is 9.53 Å². The molecule has 2 aliphatic carbocycles. The van der Waals surface area contributed by atoms with Crippen molar-refractivity contribution < 1.29 is 14.3 Å². The predicted octanol–water partition coefficient (Wildman–Crippen LogP) is 1.46. The molecule has 2 fully saturated rings. The SMILES string of the molecule is COC(=O)C1C2CCC(C2)C1NC(=O)c1cscn1. The number of methoxy groups -OCH3 is 1. The number of aromatic nitrogens is 1. The second kappa shape index (κ2) is 4.92. The van der Waals surface area contributed by atoms with Crippen LogP contribution in [0.2, 0.25) is 0 Å². The first-order chi connectivity index (χ1) is 9.20. The Morgan fingerprint density at radius 2 is 2.21 bits per heavy atom. The van der Waals surface area contributed by atoms with Gasteiger partial charge in [0, 0.05) is 11.4 Å². The zero-order chi connectivity index (χ0) is 13.4. The van der Waals surface area contributed by atoms with Gasteiger partial charge in [0.25, 0.3) is 5.91 Å². The normalized spacial score (nSPS) is 32.3. The number of rotatable bonds is 3. The van der Waals surface area contributed by atoms with Crippen molar-refractivity contribution >= 4 is 23.2 Å². The van der Waals surface area contributed by atoms with Gasteiger partial charge in [0.1, 0.15) is 5.69 Å². The van der Waals surface area contributed by atoms with Crippen LogP contribution in [0.3, 0.4) is 0 Å². The van der Waals surface area contributed by atoms with E-state index >= 15 is 0 Å². The molecule has 4 unspecified atom stereocenters. The van der Waals surface area contributed by atoms with Crippen LogP contribution in [0.5, 0.6) is 0 Å². The van der Waals surface area contributed by atoms with Crippen LogP contribution >= 0.6 is 11.3 Å². The molecule has 0 aliphatic heterocycles. The molecule has 1 amide bonds. The second-order valence-corrected chi connectivity index (χ2v) is 5.97. The topological polar surface area (TPSA) is 68.3 Å². The summed E-state index contributed by atoms with van der Waals surface area (Å²) in [5.74, 6) is 0.185. The number of hydrogen-bond acceptors (Lipinski definition) is 5. The van der Waals surface area contributed by atoms with Gasteiger partial charge in [-0.1, -0.05) is 0 Å². The van der Waals surface area contributed by atoms with E-state index in [2.05, 4.69) is 10.3 Å². The number of nitrogens with one attached hydrogen (secondary N) is 1. The van der Waals surface area contributed by atoms with Gasteiger partial charge >= 0.3 is 5.97 Å². The van der Waals surface area contributed by atoms with Gasteiger partial charge in [-0.3, -0.25) is 9.59 Å². The predicted molar refractivity (Wildman–Crippen MR) is 69.7 cm³/mol. The summed E-state index contributed by atoms with van der Waals surface area (Å²) in [6.45, 7) is 0. The van der Waals surface area contributed by atoms with Crippen molar-refractivity contribution in [3.63, 3.8) is 0 Å². The van der Waals surface area contributed by atoms with Crippen molar-refractivity contribution in [1.29, 1.82) is 0 Å². The van der Waals surface area contributed by atoms with Gasteiger partial charge in [-0.25, -0.2) is 4.98 Å². The average Bonchev–Trinajstić information content (AvgIpc) is 3.13. The minimum atomic E-state index is -0.198. The first-order valence-corrected chi connectivity index (χ1v) is 7.42. The molecule has 2 saturated carbocycles. The fourth-order valence-electron chi connectivity index (χ4n) is 3.52. The Morgan fingerprint density at radius 3 is 2.89 bits per heavy atom. The molecular weight excluding hydrogens is 264 g/mol. The molecule has 6 heteroatoms. The van der Waals surface area contributed by atoms with Gasteiger partial charge in [0.05, 0.1) is 18.5 Å². The van der Waals surface area contributed by atoms with Gasteiger partial charge in [0.2, 0.25) is 0 Å². The molecule has 0 spiro atoms. The molecule has 19 heavy (non-hydrogen) atoms. The molecule has 0 radical (unpaired) electrons. The van der Waals surface area contributed by atoms with Gasteiger partial charge in [0.15, 0.2) is 0 Å². The zero-order valence-corrected chi connectivity index (χ0v) is 11.5. The van der Waals surface area contributed by atoms with E-state index in [4.69, 9.17) is 4.74 Å². The maximum Gasteiger partial charge on any atom is 0.311 e. The second-order valence-electron chi connectivity index (χ2n) is 5.26. The van der Waals surface area contributed by atoms with Crippen molar-refractivity contribution in [2.75, 3.05) is 7.11 Å². The van der Waals surface area contributed by atoms with E-state index < -0.39 is 0 Å². The third-order valence-corrected chi connectivity index (χ3v) is 4.94. The largest absolute Gasteiger partial charge is 0.469 e. The smallest absolute Gasteiger partial charge is 0.311 e. The molecule has 1 aromatic rings. The Bertz CT molecular complexity index is 488. The highest BCUT2D eigenvalue weighted by molar-refractivity contribution is 7.07. The standard InChI is InChI=1S/C13H16N2O3S/c1-18-13(17)10-7-2-3-8(4-7)11(10)15-12(16)9-5-19-6-14-9/h5-8,10-11H,2-4H2,1H3,(H,15,16). The molecule has 2 bridgehead atoms. The van der Waals surface area contributed by atoms with Crippen LogP contribution in [-0.4, -0.2) is 30.0 Å². The molecule has 5 nitrogen and oxygen atoms in total. The number of esters is 1. The van der Waals surface area contributed by atoms with Gasteiger partial charge in [-0.15, -0.1) is 11.3 Å². The lowest BCUT2D eigenvalue weighted by Crippen LogP contribution is -2.47. The maximum absolute atomic E-state index is 12.1. The summed E-state index contributed by atoms with van der Waals surface area (Å²) in [5, 5.41) is 4.70. The van der Waals surface area contributed by atoms with E-state index in [0.717, 1.165) is 19.3 Å². The molecule has 1 N–H and O–H groups in total. The molecular formula is C13H16N2O3S. The lowest BCUT2D eigenvalue weighted by molar-refractivity contribution is -0.148. The number of fused-ring (bicyclic) bond motifs is 2. The van der Waals surface area contributed by atoms with Crippen molar-refractivity contribution in [2.45, 2.75) is 25.3 Å². The number of carbonyl (C=O) groups excluding carboxylic acids is 2. The highest BCUT2D eigenvalue weighted by atomic mass is 32.1. The summed E-state index contributed by atoms with van der Waals surface area (Å²) in [4.78, 5) is 28.0. The van der Waals surface area contributed by atoms with Crippen LogP contribution in [0.4, 0.5) is 0 Å². The molecule has 1 heterocycles. The zero-order valence-electron chi connectivity index (χ0n) is 10.7. The quantitative estimate of drug-likeness (QED) is 0.851. The first kappa shape index (κ1) is 12.6. The van der Waals surface area contributed by atoms with Crippen LogP contribution in [0, 0.1) is 17.8 Å². The Morgan fingerprint density at radius 1 is 1.42 bits per heavy atom. The van der Waals surface area contributed by atoms with Crippen molar-refractivity contribution in [1.82, 2.24) is 10.3 Å². The van der Waals surface area contributed by atoms with E-state index in [0.29, 0.717) is 17.5 Å². The van der Waals surface area contributed by atoms with Crippen LogP contribution in [0.15, 0.2) is 10.9 Å². The summed E-state index contributed by atoms with van der Waals surface area (Å²) in [7, 11) is 1.41. The van der Waals surface area contributed by atoms with Gasteiger partial charge in [-0.05, 0) is 31.1 Å². The Balaban J connectivity index is 1.75. The lowest BCUT2D eigenvalue weighted by Gasteiger charge is -2.29. The van der Waals surface area contributed by atoms with E-state index in [-0.39, 0.29) is 23.8 Å². The lowest BCUT2D eigenvalue weighted by atomic mass is 9.84. The Kier molecular flexibility index (Phi) is 3.26. The maximum atomic E-state index is 12.1. The number of thiazole rings is 1. The summed E-state index contributed by atoms with van der Waals surface area (Å²) in [6, 6.07) is -0.0969. The summed E-state index contributed by atoms with van der Waals surface area (Å²) >= 11 is 1.39. The Labute approximate surface area is 115 Å². The van der Waals surface area contributed by atoms with Gasteiger partial charge in [-0.2, -0.15) is 0 Å². The summed E-state index contributed by atoms with van der Waals surface area (Å²) in [5.41, 5.74) is 2.06. The minimum absolute atomic E-state index is 0.0969. The van der Waals surface area contributed by atoms with Crippen LogP contribution < -0.4 is 5.32 Å². The van der Waals surface area contributed by atoms with Crippen LogP contribution in [0.1, 0.15) is 29.8 Å². The van der Waals surface area contributed by atoms with E-state index in [1.807, 2.05) is 0 Å². The fraction of sp³-hybridized carbons (Fsp3) is 0.615. The molecule has 1 aromatic heterocycles. The Hall–Kier alpha value is -1.43. The van der Waals surface area contributed by atoms with Crippen molar-refractivity contribution in [3.05, 3.63) is 16.6 Å². The molecule has 102 valence electrons. The first-order valence-electron chi connectivity index (χ1n) is 6.47. The molecule has 2 aliphatic rings. The molecule has 0 saturated heterocycles. The number of ether oxygens (including phenoxy) is 1. The molecule has 3 rings (SSSR count). The summed E-state index contributed by atoms with van der Waals surface area (Å²) in [6.07, 6.45) is 3.16. The minimum Gasteiger partial charge on any atom is -0.469 e. The van der Waals surface area contributed by atoms with Crippen molar-refractivity contribution in [3.8, 4) is 0 Å². The number of hydrogen-bond donors (Lipinski definition) is 1. The third kappa shape index (κ3) is 2.14. The molecule has 4 atom stereocenters. The summed E-state index contributed by atoms with van der Waals surface area (Å²) < 4.78 is 4.89. The average molecular weight is 280 g/mol. The number of carbonyl (C=O) groups is 2. The van der Waals surface area contributed by atoms with Gasteiger partial charge < -0.3 is 10.1 Å². The molecule has 0 aromatic carbocycles. The highest BCUT2D eigenvalue weighted by Crippen LogP contribution is 2.48. The van der Waals surface area contributed by atoms with E-state index in [1.165, 1.54) is 18.4 Å². The monoisotopic (exact) mass is 280 g/mol. The fourth-order valence-corrected chi connectivity index (χ4v) is 4.06. The third-order valence-electron chi connectivity index (χ3n) is 4.35. The number of amides is 1.